The fraction of sp³-hybridized carbons (Fsp3) is 0.143. The van der Waals surface area contributed by atoms with Gasteiger partial charge in [-0.25, -0.2) is 4.79 Å². The van der Waals surface area contributed by atoms with Crippen LogP contribution < -0.4 is 5.32 Å². The third-order valence-electron chi connectivity index (χ3n) is 4.14. The molecular formula is C21H20N2O2. The van der Waals surface area contributed by atoms with Crippen molar-refractivity contribution in [1.82, 2.24) is 4.98 Å². The largest absolute Gasteiger partial charge is 0.457 e. The van der Waals surface area contributed by atoms with E-state index in [0.717, 1.165) is 22.5 Å². The molecule has 0 atom stereocenters. The molecule has 0 aliphatic heterocycles. The van der Waals surface area contributed by atoms with E-state index in [4.69, 9.17) is 4.74 Å². The average Bonchev–Trinajstić information content (AvgIpc) is 2.65. The van der Waals surface area contributed by atoms with E-state index < -0.39 is 0 Å². The molecule has 0 aliphatic rings. The standard InChI is InChI=1S/C21H20N2O2/c1-15-6-5-9-19(16(15)2)23-20-8-4-3-7-18(20)21(24)25-14-17-10-12-22-13-11-17/h3-13,23H,14H2,1-2H3. The summed E-state index contributed by atoms with van der Waals surface area (Å²) in [5.74, 6) is -0.356. The molecule has 1 N–H and O–H groups in total. The number of carbonyl (C=O) groups is 1. The van der Waals surface area contributed by atoms with Gasteiger partial charge in [0.2, 0.25) is 0 Å². The third-order valence-corrected chi connectivity index (χ3v) is 4.14. The van der Waals surface area contributed by atoms with Crippen molar-refractivity contribution >= 4 is 17.3 Å². The zero-order valence-corrected chi connectivity index (χ0v) is 14.3. The number of anilines is 2. The molecule has 0 spiro atoms. The maximum absolute atomic E-state index is 12.5. The number of rotatable bonds is 5. The molecule has 3 aromatic rings. The molecule has 2 aromatic carbocycles. The van der Waals surface area contributed by atoms with E-state index in [0.29, 0.717) is 5.56 Å². The first-order valence-electron chi connectivity index (χ1n) is 8.13. The molecule has 0 saturated heterocycles. The minimum absolute atomic E-state index is 0.221. The zero-order chi connectivity index (χ0) is 17.6. The summed E-state index contributed by atoms with van der Waals surface area (Å²) in [6.07, 6.45) is 3.36. The number of para-hydroxylation sites is 1. The first-order valence-corrected chi connectivity index (χ1v) is 8.13. The van der Waals surface area contributed by atoms with Crippen LogP contribution in [-0.4, -0.2) is 11.0 Å². The normalized spacial score (nSPS) is 10.3. The molecule has 126 valence electrons. The lowest BCUT2D eigenvalue weighted by molar-refractivity contribution is 0.0474. The van der Waals surface area contributed by atoms with Gasteiger partial charge in [0.05, 0.1) is 11.3 Å². The minimum atomic E-state index is -0.356. The summed E-state index contributed by atoms with van der Waals surface area (Å²) in [7, 11) is 0. The van der Waals surface area contributed by atoms with Gasteiger partial charge < -0.3 is 10.1 Å². The second-order valence-electron chi connectivity index (χ2n) is 5.85. The third kappa shape index (κ3) is 4.04. The van der Waals surface area contributed by atoms with Gasteiger partial charge in [-0.15, -0.1) is 0 Å². The number of hydrogen-bond acceptors (Lipinski definition) is 4. The van der Waals surface area contributed by atoms with Crippen LogP contribution in [0.4, 0.5) is 11.4 Å². The van der Waals surface area contributed by atoms with Gasteiger partial charge in [-0.3, -0.25) is 4.98 Å². The lowest BCUT2D eigenvalue weighted by Crippen LogP contribution is -2.08. The van der Waals surface area contributed by atoms with Crippen LogP contribution >= 0.6 is 0 Å². The van der Waals surface area contributed by atoms with Crippen LogP contribution in [0.25, 0.3) is 0 Å². The number of nitrogens with zero attached hydrogens (tertiary/aromatic N) is 1. The van der Waals surface area contributed by atoms with Gasteiger partial charge in [-0.1, -0.05) is 24.3 Å². The molecule has 3 rings (SSSR count). The fourth-order valence-corrected chi connectivity index (χ4v) is 2.51. The Morgan fingerprint density at radius 1 is 0.960 bits per heavy atom. The second kappa shape index (κ2) is 7.62. The van der Waals surface area contributed by atoms with Gasteiger partial charge in [0.15, 0.2) is 0 Å². The molecule has 0 radical (unpaired) electrons. The molecule has 0 saturated carbocycles. The van der Waals surface area contributed by atoms with Crippen molar-refractivity contribution in [1.29, 1.82) is 0 Å². The number of pyridine rings is 1. The van der Waals surface area contributed by atoms with Crippen LogP contribution in [0.5, 0.6) is 0 Å². The smallest absolute Gasteiger partial charge is 0.340 e. The Balaban J connectivity index is 1.78. The van der Waals surface area contributed by atoms with E-state index in [2.05, 4.69) is 30.2 Å². The number of benzene rings is 2. The lowest BCUT2D eigenvalue weighted by Gasteiger charge is -2.14. The van der Waals surface area contributed by atoms with Gasteiger partial charge >= 0.3 is 5.97 Å². The SMILES string of the molecule is Cc1cccc(Nc2ccccc2C(=O)OCc2ccncc2)c1C. The van der Waals surface area contributed by atoms with Gasteiger partial charge in [0.25, 0.3) is 0 Å². The molecule has 0 unspecified atom stereocenters. The van der Waals surface area contributed by atoms with E-state index in [1.807, 2.05) is 42.5 Å². The molecule has 4 nitrogen and oxygen atoms in total. The van der Waals surface area contributed by atoms with Crippen LogP contribution in [0.3, 0.4) is 0 Å². The Labute approximate surface area is 147 Å². The van der Waals surface area contributed by atoms with E-state index in [1.165, 1.54) is 5.56 Å². The predicted molar refractivity (Wildman–Crippen MR) is 99.0 cm³/mol. The Hall–Kier alpha value is -3.14. The Morgan fingerprint density at radius 3 is 2.48 bits per heavy atom. The minimum Gasteiger partial charge on any atom is -0.457 e. The van der Waals surface area contributed by atoms with E-state index >= 15 is 0 Å². The highest BCUT2D eigenvalue weighted by molar-refractivity contribution is 5.96. The maximum atomic E-state index is 12.5. The zero-order valence-electron chi connectivity index (χ0n) is 14.3. The van der Waals surface area contributed by atoms with Gasteiger partial charge in [0, 0.05) is 18.1 Å². The first-order chi connectivity index (χ1) is 12.1. The summed E-state index contributed by atoms with van der Waals surface area (Å²) in [4.78, 5) is 16.5. The summed E-state index contributed by atoms with van der Waals surface area (Å²) in [5.41, 5.74) is 5.48. The molecule has 0 aliphatic carbocycles. The summed E-state index contributed by atoms with van der Waals surface area (Å²) < 4.78 is 5.44. The number of aryl methyl sites for hydroxylation is 1. The molecule has 1 aromatic heterocycles. The van der Waals surface area contributed by atoms with Gasteiger partial charge in [-0.05, 0) is 60.9 Å². The molecule has 25 heavy (non-hydrogen) atoms. The molecule has 0 bridgehead atoms. The number of carbonyl (C=O) groups excluding carboxylic acids is 1. The van der Waals surface area contributed by atoms with Crippen molar-refractivity contribution in [2.24, 2.45) is 0 Å². The summed E-state index contributed by atoms with van der Waals surface area (Å²) in [6.45, 7) is 4.34. The van der Waals surface area contributed by atoms with Crippen molar-refractivity contribution in [2.75, 3.05) is 5.32 Å². The number of esters is 1. The number of nitrogens with one attached hydrogen (secondary N) is 1. The van der Waals surface area contributed by atoms with E-state index in [1.54, 1.807) is 18.5 Å². The Bertz CT molecular complexity index is 876. The molecule has 4 heteroatoms. The molecule has 1 heterocycles. The second-order valence-corrected chi connectivity index (χ2v) is 5.85. The lowest BCUT2D eigenvalue weighted by atomic mass is 10.1. The monoisotopic (exact) mass is 332 g/mol. The highest BCUT2D eigenvalue weighted by atomic mass is 16.5. The molecule has 0 fully saturated rings. The summed E-state index contributed by atoms with van der Waals surface area (Å²) in [5, 5.41) is 3.35. The van der Waals surface area contributed by atoms with Crippen LogP contribution in [0.1, 0.15) is 27.0 Å². The van der Waals surface area contributed by atoms with E-state index in [9.17, 15) is 4.79 Å². The van der Waals surface area contributed by atoms with Crippen LogP contribution in [0.15, 0.2) is 67.0 Å². The van der Waals surface area contributed by atoms with Crippen molar-refractivity contribution in [3.8, 4) is 0 Å². The predicted octanol–water partition coefficient (Wildman–Crippen LogP) is 4.80. The van der Waals surface area contributed by atoms with Crippen LogP contribution in [-0.2, 0) is 11.3 Å². The average molecular weight is 332 g/mol. The van der Waals surface area contributed by atoms with Gasteiger partial charge in [-0.2, -0.15) is 0 Å². The van der Waals surface area contributed by atoms with Crippen molar-refractivity contribution in [3.63, 3.8) is 0 Å². The fourth-order valence-electron chi connectivity index (χ4n) is 2.51. The summed E-state index contributed by atoms with van der Waals surface area (Å²) in [6, 6.07) is 17.1. The Morgan fingerprint density at radius 2 is 1.68 bits per heavy atom. The number of ether oxygens (including phenoxy) is 1. The molecule has 0 amide bonds. The quantitative estimate of drug-likeness (QED) is 0.682. The topological polar surface area (TPSA) is 51.2 Å². The highest BCUT2D eigenvalue weighted by Gasteiger charge is 2.13. The van der Waals surface area contributed by atoms with Crippen LogP contribution in [0.2, 0.25) is 0 Å². The van der Waals surface area contributed by atoms with Crippen molar-refractivity contribution < 1.29 is 9.53 Å². The van der Waals surface area contributed by atoms with Crippen molar-refractivity contribution in [3.05, 3.63) is 89.2 Å². The van der Waals surface area contributed by atoms with E-state index in [-0.39, 0.29) is 12.6 Å². The Kier molecular flexibility index (Phi) is 5.09. The number of aromatic nitrogens is 1. The summed E-state index contributed by atoms with van der Waals surface area (Å²) >= 11 is 0. The number of hydrogen-bond donors (Lipinski definition) is 1. The highest BCUT2D eigenvalue weighted by Crippen LogP contribution is 2.25. The van der Waals surface area contributed by atoms with Crippen molar-refractivity contribution in [2.45, 2.75) is 20.5 Å². The molecular weight excluding hydrogens is 312 g/mol. The van der Waals surface area contributed by atoms with Crippen LogP contribution in [0, 0.1) is 13.8 Å². The maximum Gasteiger partial charge on any atom is 0.340 e. The van der Waals surface area contributed by atoms with Gasteiger partial charge in [0.1, 0.15) is 6.61 Å². The first kappa shape index (κ1) is 16.7.